The van der Waals surface area contributed by atoms with E-state index in [2.05, 4.69) is 48.9 Å². The summed E-state index contributed by atoms with van der Waals surface area (Å²) < 4.78 is 2.10. The quantitative estimate of drug-likeness (QED) is 0.319. The smallest absolute Gasteiger partial charge is 0.106 e. The number of oxime groups is 1. The molecule has 0 radical (unpaired) electrons. The lowest BCUT2D eigenvalue weighted by Crippen LogP contribution is -2.48. The fraction of sp³-hybridized carbons (Fsp3) is 0.500. The van der Waals surface area contributed by atoms with Gasteiger partial charge in [0.15, 0.2) is 0 Å². The van der Waals surface area contributed by atoms with Gasteiger partial charge in [-0.3, -0.25) is 4.90 Å². The predicted molar refractivity (Wildman–Crippen MR) is 109 cm³/mol. The zero-order valence-electron chi connectivity index (χ0n) is 13.5. The molecule has 2 fully saturated rings. The molecule has 24 heavy (non-hydrogen) atoms. The molecule has 1 aromatic carbocycles. The summed E-state index contributed by atoms with van der Waals surface area (Å²) >= 11 is 14.6. The molecule has 0 aromatic heterocycles. The number of hydrogen-bond acceptors (Lipinski definition) is 3. The minimum Gasteiger partial charge on any atom is -0.399 e. The first-order valence-electron chi connectivity index (χ1n) is 8.18. The Morgan fingerprint density at radius 3 is 2.88 bits per heavy atom. The zero-order chi connectivity index (χ0) is 17.1. The van der Waals surface area contributed by atoms with Gasteiger partial charge in [0, 0.05) is 30.8 Å². The summed E-state index contributed by atoms with van der Waals surface area (Å²) in [4.78, 5) is 7.60. The van der Waals surface area contributed by atoms with Gasteiger partial charge in [-0.1, -0.05) is 63.1 Å². The van der Waals surface area contributed by atoms with E-state index < -0.39 is 0 Å². The normalized spacial score (nSPS) is 30.5. The molecule has 6 heteroatoms. The van der Waals surface area contributed by atoms with Crippen LogP contribution in [0.25, 0.3) is 0 Å². The van der Waals surface area contributed by atoms with Gasteiger partial charge < -0.3 is 4.84 Å². The number of benzene rings is 1. The van der Waals surface area contributed by atoms with E-state index in [9.17, 15) is 0 Å². The maximum absolute atomic E-state index is 6.26. The second kappa shape index (κ2) is 8.39. The highest BCUT2D eigenvalue weighted by atomic mass is 123. The molecular formula is C18H21Cl2IN2O. The van der Waals surface area contributed by atoms with Crippen molar-refractivity contribution in [3.05, 3.63) is 44.0 Å². The Hall–Kier alpha value is -0.300. The first kappa shape index (κ1) is 18.5. The third-order valence-corrected chi connectivity index (χ3v) is 6.49. The molecule has 0 N–H and O–H groups in total. The molecule has 4 atom stereocenters. The third-order valence-electron chi connectivity index (χ3n) is 5.24. The number of halogens is 3. The molecule has 0 amide bonds. The van der Waals surface area contributed by atoms with Crippen molar-refractivity contribution < 1.29 is 4.84 Å². The van der Waals surface area contributed by atoms with E-state index in [0.29, 0.717) is 34.0 Å². The summed E-state index contributed by atoms with van der Waals surface area (Å²) in [6.07, 6.45) is 7.78. The average molecular weight is 475 g/mol. The van der Waals surface area contributed by atoms with Gasteiger partial charge in [0.05, 0.1) is 10.0 Å². The molecule has 0 saturated carbocycles. The molecule has 2 aliphatic heterocycles. The van der Waals surface area contributed by atoms with Crippen LogP contribution >= 0.6 is 45.8 Å². The summed E-state index contributed by atoms with van der Waals surface area (Å²) in [5.74, 6) is 0.722. The summed E-state index contributed by atoms with van der Waals surface area (Å²) in [6.45, 7) is 1.00. The Morgan fingerprint density at radius 2 is 2.17 bits per heavy atom. The van der Waals surface area contributed by atoms with Gasteiger partial charge in [-0.15, -0.1) is 0 Å². The summed E-state index contributed by atoms with van der Waals surface area (Å²) in [5.41, 5.74) is 1.25. The van der Waals surface area contributed by atoms with E-state index in [4.69, 9.17) is 28.0 Å². The van der Waals surface area contributed by atoms with E-state index in [1.165, 1.54) is 18.4 Å². The van der Waals surface area contributed by atoms with Crippen LogP contribution in [0.4, 0.5) is 0 Å². The fourth-order valence-electron chi connectivity index (χ4n) is 4.23. The van der Waals surface area contributed by atoms with Crippen LogP contribution in [0.3, 0.4) is 0 Å². The number of piperidine rings is 1. The first-order valence-corrected chi connectivity index (χ1v) is 10.2. The van der Waals surface area contributed by atoms with Crippen molar-refractivity contribution in [1.29, 1.82) is 0 Å². The lowest BCUT2D eigenvalue weighted by Gasteiger charge is -2.43. The van der Waals surface area contributed by atoms with Crippen LogP contribution < -0.4 is 0 Å². The molecule has 2 saturated heterocycles. The van der Waals surface area contributed by atoms with Crippen LogP contribution in [0.1, 0.15) is 30.7 Å². The first-order chi connectivity index (χ1) is 11.7. The number of nitrogens with zero attached hydrogens (tertiary/aromatic N) is 2. The Bertz CT molecular complexity index is 637. The number of fused-ring (bicyclic) bond motifs is 2. The molecule has 2 heterocycles. The molecule has 1 aromatic rings. The van der Waals surface area contributed by atoms with Crippen LogP contribution in [0.15, 0.2) is 33.5 Å². The topological polar surface area (TPSA) is 24.8 Å². The molecule has 3 rings (SSSR count). The SMILES string of the molecule is CO/N=C/[C@@H]1[C@@H](c2ccc(Cl)c(Cl)c2)C[C@@H]2CC[C@H]1N2C/C=C/[123I]. The molecule has 0 aliphatic carbocycles. The Labute approximate surface area is 167 Å². The van der Waals surface area contributed by atoms with Gasteiger partial charge in [-0.2, -0.15) is 0 Å². The highest BCUT2D eigenvalue weighted by Crippen LogP contribution is 2.46. The highest BCUT2D eigenvalue weighted by molar-refractivity contribution is 14.1. The minimum atomic E-state index is 0.323. The minimum absolute atomic E-state index is 0.323. The van der Waals surface area contributed by atoms with E-state index in [1.54, 1.807) is 7.11 Å². The molecule has 3 nitrogen and oxygen atoms in total. The molecule has 130 valence electrons. The second-order valence-electron chi connectivity index (χ2n) is 6.39. The van der Waals surface area contributed by atoms with Gasteiger partial charge >= 0.3 is 0 Å². The van der Waals surface area contributed by atoms with Gasteiger partial charge in [-0.05, 0) is 47.0 Å². The van der Waals surface area contributed by atoms with E-state index >= 15 is 0 Å². The van der Waals surface area contributed by atoms with Gasteiger partial charge in [-0.25, -0.2) is 0 Å². The van der Waals surface area contributed by atoms with Crippen molar-refractivity contribution in [2.24, 2.45) is 11.1 Å². The van der Waals surface area contributed by atoms with Crippen molar-refractivity contribution in [2.75, 3.05) is 13.7 Å². The predicted octanol–water partition coefficient (Wildman–Crippen LogP) is 5.51. The summed E-state index contributed by atoms with van der Waals surface area (Å²) in [6, 6.07) is 7.13. The van der Waals surface area contributed by atoms with Crippen molar-refractivity contribution in [3.8, 4) is 0 Å². The molecular weight excluding hydrogens is 454 g/mol. The Kier molecular flexibility index (Phi) is 6.46. The molecule has 2 bridgehead atoms. The van der Waals surface area contributed by atoms with Gasteiger partial charge in [0.1, 0.15) is 7.11 Å². The summed E-state index contributed by atoms with van der Waals surface area (Å²) in [5, 5.41) is 5.34. The Balaban J connectivity index is 1.91. The van der Waals surface area contributed by atoms with E-state index in [1.807, 2.05) is 18.3 Å². The highest BCUT2D eigenvalue weighted by Gasteiger charge is 2.46. The largest absolute Gasteiger partial charge is 0.399 e. The number of rotatable bonds is 5. The zero-order valence-corrected chi connectivity index (χ0v) is 17.2. The monoisotopic (exact) mass is 474 g/mol. The van der Waals surface area contributed by atoms with Crippen LogP contribution in [0.5, 0.6) is 0 Å². The standard InChI is InChI=1S/C18H21Cl2IN2O/c1-24-22-11-15-14(12-3-5-16(19)17(20)9-12)10-13-4-6-18(15)23(13)8-2-7-21/h2-3,5,7,9,11,13-15,18H,4,6,8,10H2,1H3/b7-2+,22-11+/t13-,14+,15+,18+/m0/s1/i21-4. The van der Waals surface area contributed by atoms with Crippen LogP contribution in [-0.4, -0.2) is 36.9 Å². The second-order valence-corrected chi connectivity index (χ2v) is 7.92. The van der Waals surface area contributed by atoms with Crippen LogP contribution in [0, 0.1) is 5.92 Å². The van der Waals surface area contributed by atoms with Crippen molar-refractivity contribution >= 4 is 52.0 Å². The van der Waals surface area contributed by atoms with Crippen LogP contribution in [-0.2, 0) is 4.84 Å². The molecule has 2 aliphatic rings. The molecule has 0 unspecified atom stereocenters. The van der Waals surface area contributed by atoms with Crippen molar-refractivity contribution in [3.63, 3.8) is 0 Å². The summed E-state index contributed by atoms with van der Waals surface area (Å²) in [7, 11) is 1.60. The van der Waals surface area contributed by atoms with E-state index in [-0.39, 0.29) is 0 Å². The van der Waals surface area contributed by atoms with Crippen molar-refractivity contribution in [1.82, 2.24) is 4.90 Å². The van der Waals surface area contributed by atoms with Crippen molar-refractivity contribution in [2.45, 2.75) is 37.3 Å². The van der Waals surface area contributed by atoms with Gasteiger partial charge in [0.2, 0.25) is 0 Å². The average Bonchev–Trinajstić information content (AvgIpc) is 2.87. The molecule has 0 spiro atoms. The van der Waals surface area contributed by atoms with E-state index in [0.717, 1.165) is 13.0 Å². The maximum Gasteiger partial charge on any atom is 0.106 e. The number of hydrogen-bond donors (Lipinski definition) is 0. The lowest BCUT2D eigenvalue weighted by molar-refractivity contribution is 0.114. The maximum atomic E-state index is 6.26. The third kappa shape index (κ3) is 3.76. The lowest BCUT2D eigenvalue weighted by atomic mass is 9.76. The fourth-order valence-corrected chi connectivity index (χ4v) is 4.77. The Morgan fingerprint density at radius 1 is 1.33 bits per heavy atom. The van der Waals surface area contributed by atoms with Gasteiger partial charge in [0.25, 0.3) is 0 Å². The van der Waals surface area contributed by atoms with Crippen LogP contribution in [0.2, 0.25) is 10.0 Å².